The Kier molecular flexibility index (Phi) is 9.98. The molecule has 3 aromatic carbocycles. The number of carbonyl (C=O) groups is 6. The Labute approximate surface area is 261 Å². The van der Waals surface area contributed by atoms with E-state index in [-0.39, 0.29) is 27.8 Å². The molecule has 1 aliphatic rings. The first kappa shape index (κ1) is 32.5. The van der Waals surface area contributed by atoms with Crippen LogP contribution in [0.1, 0.15) is 58.2 Å². The number of hydrogen-bond donors (Lipinski definition) is 0. The van der Waals surface area contributed by atoms with E-state index in [1.54, 1.807) is 0 Å². The van der Waals surface area contributed by atoms with Crippen molar-refractivity contribution < 1.29 is 46.7 Å². The molecule has 11 nitrogen and oxygen atoms in total. The smallest absolute Gasteiger partial charge is 0.338 e. The van der Waals surface area contributed by atoms with E-state index in [4.69, 9.17) is 32.7 Å². The van der Waals surface area contributed by atoms with Crippen molar-refractivity contribution in [2.24, 2.45) is 0 Å². The Hall–Kier alpha value is -4.39. The number of benzene rings is 3. The third kappa shape index (κ3) is 7.76. The van der Waals surface area contributed by atoms with Gasteiger partial charge in [-0.25, -0.2) is 18.0 Å². The zero-order valence-corrected chi connectivity index (χ0v) is 25.3. The maximum absolute atomic E-state index is 13.4. The van der Waals surface area contributed by atoms with Crippen LogP contribution in [0.3, 0.4) is 0 Å². The number of carbonyl (C=O) groups excluding carboxylic acids is 6. The van der Waals surface area contributed by atoms with Gasteiger partial charge >= 0.3 is 11.9 Å². The summed E-state index contributed by atoms with van der Waals surface area (Å²) in [6.45, 7) is -1.35. The van der Waals surface area contributed by atoms with Crippen LogP contribution >= 0.6 is 23.2 Å². The number of Topliss-reactive ketones (excluding diaryl/α,β-unsaturated/α-hetero) is 2. The summed E-state index contributed by atoms with van der Waals surface area (Å²) in [7, 11) is -3.65. The standard InChI is InChI=1S/C30H23Cl2NO10S/c1-44(40,41)13-12-24(30(39)43-16-26(35)18-4-9-21(32)10-5-18)33-27(36)22-11-6-19(14-23(22)28(33)37)29(38)42-15-25(34)17-2-7-20(31)8-3-17/h2-11,14,24H,12-13,15-16H2,1H3/t24-/m1/s1. The molecule has 1 heterocycles. The molecule has 0 radical (unpaired) electrons. The van der Waals surface area contributed by atoms with Crippen LogP contribution in [0.5, 0.6) is 0 Å². The summed E-state index contributed by atoms with van der Waals surface area (Å²) < 4.78 is 33.9. The molecule has 0 unspecified atom stereocenters. The van der Waals surface area contributed by atoms with Crippen LogP contribution in [-0.2, 0) is 24.1 Å². The van der Waals surface area contributed by atoms with E-state index in [2.05, 4.69) is 0 Å². The van der Waals surface area contributed by atoms with Crippen molar-refractivity contribution in [1.82, 2.24) is 4.90 Å². The summed E-state index contributed by atoms with van der Waals surface area (Å²) in [5, 5.41) is 0.802. The summed E-state index contributed by atoms with van der Waals surface area (Å²) in [4.78, 5) is 77.7. The maximum atomic E-state index is 13.4. The van der Waals surface area contributed by atoms with Crippen molar-refractivity contribution in [2.75, 3.05) is 25.2 Å². The maximum Gasteiger partial charge on any atom is 0.338 e. The molecule has 0 saturated heterocycles. The van der Waals surface area contributed by atoms with E-state index in [9.17, 15) is 37.2 Å². The molecule has 3 aromatic rings. The number of hydrogen-bond acceptors (Lipinski definition) is 10. The first-order valence-electron chi connectivity index (χ1n) is 12.9. The molecule has 0 spiro atoms. The Morgan fingerprint density at radius 1 is 0.727 bits per heavy atom. The number of sulfone groups is 1. The topological polar surface area (TPSA) is 158 Å². The predicted octanol–water partition coefficient (Wildman–Crippen LogP) is 3.86. The van der Waals surface area contributed by atoms with Crippen LogP contribution in [0.15, 0.2) is 66.7 Å². The van der Waals surface area contributed by atoms with E-state index < -0.39 is 76.6 Å². The molecule has 0 aromatic heterocycles. The van der Waals surface area contributed by atoms with Gasteiger partial charge in [0.2, 0.25) is 0 Å². The third-order valence-electron chi connectivity index (χ3n) is 6.51. The van der Waals surface area contributed by atoms with Crippen LogP contribution in [-0.4, -0.2) is 79.9 Å². The summed E-state index contributed by atoms with van der Waals surface area (Å²) in [6, 6.07) is 13.5. The number of halogens is 2. The first-order valence-corrected chi connectivity index (χ1v) is 15.7. The highest BCUT2D eigenvalue weighted by Crippen LogP contribution is 2.28. The van der Waals surface area contributed by atoms with Gasteiger partial charge in [0.1, 0.15) is 15.9 Å². The highest BCUT2D eigenvalue weighted by molar-refractivity contribution is 7.90. The number of nitrogens with zero attached hydrogens (tertiary/aromatic N) is 1. The van der Waals surface area contributed by atoms with Crippen molar-refractivity contribution >= 4 is 68.4 Å². The lowest BCUT2D eigenvalue weighted by Gasteiger charge is -2.24. The number of ketones is 2. The van der Waals surface area contributed by atoms with E-state index >= 15 is 0 Å². The number of rotatable bonds is 12. The quantitative estimate of drug-likeness (QED) is 0.159. The number of esters is 2. The minimum atomic E-state index is -3.65. The monoisotopic (exact) mass is 659 g/mol. The SMILES string of the molecule is CS(=O)(=O)CC[C@H](C(=O)OCC(=O)c1ccc(Cl)cc1)N1C(=O)c2ccc(C(=O)OCC(=O)c3ccc(Cl)cc3)cc2C1=O. The molecule has 0 bridgehead atoms. The van der Waals surface area contributed by atoms with Gasteiger partial charge < -0.3 is 9.47 Å². The fourth-order valence-electron chi connectivity index (χ4n) is 4.23. The molecule has 228 valence electrons. The average Bonchev–Trinajstić information content (AvgIpc) is 3.23. The van der Waals surface area contributed by atoms with Gasteiger partial charge in [0.25, 0.3) is 11.8 Å². The van der Waals surface area contributed by atoms with E-state index in [0.717, 1.165) is 12.3 Å². The predicted molar refractivity (Wildman–Crippen MR) is 158 cm³/mol. The zero-order valence-electron chi connectivity index (χ0n) is 23.0. The molecule has 1 atom stereocenters. The summed E-state index contributed by atoms with van der Waals surface area (Å²) >= 11 is 11.6. The first-order chi connectivity index (χ1) is 20.7. The molecule has 0 N–H and O–H groups in total. The molecule has 0 fully saturated rings. The van der Waals surface area contributed by atoms with Crippen LogP contribution < -0.4 is 0 Å². The van der Waals surface area contributed by atoms with Crippen LogP contribution in [0.2, 0.25) is 10.0 Å². The van der Waals surface area contributed by atoms with Crippen LogP contribution in [0.25, 0.3) is 0 Å². The minimum Gasteiger partial charge on any atom is -0.456 e. The van der Waals surface area contributed by atoms with Crippen molar-refractivity contribution in [3.05, 3.63) is 105 Å². The second-order valence-corrected chi connectivity index (χ2v) is 12.9. The second kappa shape index (κ2) is 13.5. The lowest BCUT2D eigenvalue weighted by atomic mass is 10.1. The van der Waals surface area contributed by atoms with Gasteiger partial charge in [-0.05, 0) is 73.2 Å². The summed E-state index contributed by atoms with van der Waals surface area (Å²) in [5.41, 5.74) is -0.111. The number of ether oxygens (including phenoxy) is 2. The van der Waals surface area contributed by atoms with E-state index in [1.165, 1.54) is 60.7 Å². The molecular weight excluding hydrogens is 637 g/mol. The lowest BCUT2D eigenvalue weighted by molar-refractivity contribution is -0.147. The van der Waals surface area contributed by atoms with Crippen LogP contribution in [0.4, 0.5) is 0 Å². The van der Waals surface area contributed by atoms with Crippen molar-refractivity contribution in [3.63, 3.8) is 0 Å². The normalized spacial score (nSPS) is 13.3. The third-order valence-corrected chi connectivity index (χ3v) is 7.99. The summed E-state index contributed by atoms with van der Waals surface area (Å²) in [5.74, 6) is -5.73. The summed E-state index contributed by atoms with van der Waals surface area (Å²) in [6.07, 6.45) is 0.414. The molecule has 1 aliphatic heterocycles. The van der Waals surface area contributed by atoms with Gasteiger partial charge in [0.05, 0.1) is 22.4 Å². The Balaban J connectivity index is 1.50. The van der Waals surface area contributed by atoms with Crippen molar-refractivity contribution in [3.8, 4) is 0 Å². The van der Waals surface area contributed by atoms with Crippen LogP contribution in [0, 0.1) is 0 Å². The lowest BCUT2D eigenvalue weighted by Crippen LogP contribution is -2.46. The molecular formula is C30H23Cl2NO10S. The van der Waals surface area contributed by atoms with Gasteiger partial charge in [0, 0.05) is 27.4 Å². The minimum absolute atomic E-state index is 0.153. The highest BCUT2D eigenvalue weighted by atomic mass is 35.5. The highest BCUT2D eigenvalue weighted by Gasteiger charge is 2.44. The Morgan fingerprint density at radius 2 is 1.20 bits per heavy atom. The van der Waals surface area contributed by atoms with Gasteiger partial charge in [-0.1, -0.05) is 23.2 Å². The van der Waals surface area contributed by atoms with Crippen molar-refractivity contribution in [1.29, 1.82) is 0 Å². The van der Waals surface area contributed by atoms with E-state index in [0.29, 0.717) is 14.9 Å². The van der Waals surface area contributed by atoms with Gasteiger partial charge in [-0.2, -0.15) is 0 Å². The molecule has 4 rings (SSSR count). The molecule has 0 aliphatic carbocycles. The number of amides is 2. The van der Waals surface area contributed by atoms with E-state index in [1.807, 2.05) is 0 Å². The van der Waals surface area contributed by atoms with Gasteiger partial charge in [-0.15, -0.1) is 0 Å². The Morgan fingerprint density at radius 3 is 1.73 bits per heavy atom. The largest absolute Gasteiger partial charge is 0.456 e. The molecule has 14 heteroatoms. The fourth-order valence-corrected chi connectivity index (χ4v) is 5.14. The number of imide groups is 1. The molecule has 0 saturated carbocycles. The molecule has 2 amide bonds. The fraction of sp³-hybridized carbons (Fsp3) is 0.200. The van der Waals surface area contributed by atoms with Gasteiger partial charge in [0.15, 0.2) is 24.8 Å². The Bertz CT molecular complexity index is 1770. The number of fused-ring (bicyclic) bond motifs is 1. The van der Waals surface area contributed by atoms with Crippen molar-refractivity contribution in [2.45, 2.75) is 12.5 Å². The molecule has 44 heavy (non-hydrogen) atoms. The average molecular weight is 660 g/mol. The second-order valence-electron chi connectivity index (χ2n) is 9.72. The zero-order chi connectivity index (χ0) is 32.2. The van der Waals surface area contributed by atoms with Gasteiger partial charge in [-0.3, -0.25) is 24.1 Å².